The summed E-state index contributed by atoms with van der Waals surface area (Å²) < 4.78 is 1.40. The molecule has 2 N–H and O–H groups in total. The molecule has 2 aromatic carbocycles. The first-order chi connectivity index (χ1) is 13.3. The highest BCUT2D eigenvalue weighted by atomic mass is 35.5. The molecule has 3 rings (SSSR count). The molecular weight excluding hydrogens is 398 g/mol. The van der Waals surface area contributed by atoms with Crippen molar-refractivity contribution in [2.45, 2.75) is 36.9 Å². The van der Waals surface area contributed by atoms with Crippen molar-refractivity contribution < 1.29 is 9.90 Å². The normalized spacial score (nSPS) is 13.3. The Hall–Kier alpha value is -2.35. The minimum Gasteiger partial charge on any atom is -0.392 e. The smallest absolute Gasteiger partial charge is 0.262 e. The topological polar surface area (TPSA) is 84.2 Å². The SMILES string of the molecule is C[C@H](O)Cn1c(S[C@@H](C)C(=O)Nc2ccccc2)nc2cc(Cl)ccc2c1=O. The molecule has 6 nitrogen and oxygen atoms in total. The van der Waals surface area contributed by atoms with Crippen LogP contribution in [-0.2, 0) is 11.3 Å². The highest BCUT2D eigenvalue weighted by Gasteiger charge is 2.20. The summed E-state index contributed by atoms with van der Waals surface area (Å²) >= 11 is 7.19. The van der Waals surface area contributed by atoms with E-state index in [1.807, 2.05) is 18.2 Å². The minimum atomic E-state index is -0.739. The maximum atomic E-state index is 12.9. The summed E-state index contributed by atoms with van der Waals surface area (Å²) in [5.74, 6) is -0.208. The number of para-hydroxylation sites is 1. The van der Waals surface area contributed by atoms with E-state index >= 15 is 0 Å². The number of anilines is 1. The number of amides is 1. The van der Waals surface area contributed by atoms with Crippen LogP contribution in [-0.4, -0.2) is 31.9 Å². The maximum absolute atomic E-state index is 12.9. The number of thioether (sulfide) groups is 1. The molecule has 0 spiro atoms. The number of rotatable bonds is 6. The van der Waals surface area contributed by atoms with Crippen LogP contribution in [0.5, 0.6) is 0 Å². The van der Waals surface area contributed by atoms with Crippen molar-refractivity contribution in [2.24, 2.45) is 0 Å². The summed E-state index contributed by atoms with van der Waals surface area (Å²) in [4.78, 5) is 30.0. The molecule has 2 atom stereocenters. The fraction of sp³-hybridized carbons (Fsp3) is 0.250. The molecule has 0 aliphatic rings. The number of nitrogens with one attached hydrogen (secondary N) is 1. The highest BCUT2D eigenvalue weighted by molar-refractivity contribution is 8.00. The third-order valence-corrected chi connectivity index (χ3v) is 5.35. The van der Waals surface area contributed by atoms with Gasteiger partial charge in [-0.2, -0.15) is 0 Å². The van der Waals surface area contributed by atoms with Gasteiger partial charge in [0.05, 0.1) is 28.8 Å². The number of aliphatic hydroxyl groups is 1. The quantitative estimate of drug-likeness (QED) is 0.473. The minimum absolute atomic E-state index is 0.0831. The molecule has 1 amide bonds. The van der Waals surface area contributed by atoms with Crippen LogP contribution in [0.2, 0.25) is 5.02 Å². The third-order valence-electron chi connectivity index (χ3n) is 4.02. The van der Waals surface area contributed by atoms with Crippen LogP contribution in [0.1, 0.15) is 13.8 Å². The van der Waals surface area contributed by atoms with Crippen molar-refractivity contribution in [1.82, 2.24) is 9.55 Å². The van der Waals surface area contributed by atoms with Gasteiger partial charge in [-0.15, -0.1) is 0 Å². The molecule has 0 aliphatic carbocycles. The first-order valence-electron chi connectivity index (χ1n) is 8.76. The lowest BCUT2D eigenvalue weighted by atomic mass is 10.2. The second kappa shape index (κ2) is 8.77. The second-order valence-corrected chi connectivity index (χ2v) is 8.18. The van der Waals surface area contributed by atoms with E-state index in [0.717, 1.165) is 11.8 Å². The molecule has 0 unspecified atom stereocenters. The van der Waals surface area contributed by atoms with Crippen LogP contribution >= 0.6 is 23.4 Å². The molecule has 1 aromatic heterocycles. The van der Waals surface area contributed by atoms with Crippen LogP contribution in [0.25, 0.3) is 10.9 Å². The van der Waals surface area contributed by atoms with Crippen molar-refractivity contribution in [1.29, 1.82) is 0 Å². The molecule has 0 saturated carbocycles. The van der Waals surface area contributed by atoms with Gasteiger partial charge in [-0.1, -0.05) is 41.6 Å². The Bertz CT molecular complexity index is 1050. The van der Waals surface area contributed by atoms with Crippen LogP contribution in [0.4, 0.5) is 5.69 Å². The molecule has 0 bridgehead atoms. The van der Waals surface area contributed by atoms with E-state index in [4.69, 9.17) is 11.6 Å². The summed E-state index contributed by atoms with van der Waals surface area (Å²) in [6.07, 6.45) is -0.739. The predicted octanol–water partition coefficient (Wildman–Crippen LogP) is 3.55. The molecular formula is C20H20ClN3O3S. The summed E-state index contributed by atoms with van der Waals surface area (Å²) in [5, 5.41) is 13.4. The average molecular weight is 418 g/mol. The van der Waals surface area contributed by atoms with Gasteiger partial charge >= 0.3 is 0 Å². The largest absolute Gasteiger partial charge is 0.392 e. The van der Waals surface area contributed by atoms with E-state index in [1.165, 1.54) is 4.57 Å². The van der Waals surface area contributed by atoms with Gasteiger partial charge < -0.3 is 10.4 Å². The van der Waals surface area contributed by atoms with E-state index in [-0.39, 0.29) is 18.0 Å². The summed E-state index contributed by atoms with van der Waals surface area (Å²) in [6, 6.07) is 14.0. The lowest BCUT2D eigenvalue weighted by molar-refractivity contribution is -0.115. The van der Waals surface area contributed by atoms with E-state index in [9.17, 15) is 14.7 Å². The van der Waals surface area contributed by atoms with Gasteiger partial charge in [0, 0.05) is 10.7 Å². The maximum Gasteiger partial charge on any atom is 0.262 e. The Morgan fingerprint density at radius 3 is 2.64 bits per heavy atom. The summed E-state index contributed by atoms with van der Waals surface area (Å²) in [5.41, 5.74) is 0.873. The molecule has 146 valence electrons. The average Bonchev–Trinajstić information content (AvgIpc) is 2.65. The number of nitrogens with zero attached hydrogens (tertiary/aromatic N) is 2. The highest BCUT2D eigenvalue weighted by Crippen LogP contribution is 2.25. The van der Waals surface area contributed by atoms with Crippen LogP contribution < -0.4 is 10.9 Å². The Balaban J connectivity index is 1.93. The Kier molecular flexibility index (Phi) is 6.39. The summed E-state index contributed by atoms with van der Waals surface area (Å²) in [6.45, 7) is 3.42. The van der Waals surface area contributed by atoms with E-state index in [0.29, 0.717) is 26.8 Å². The van der Waals surface area contributed by atoms with Crippen molar-refractivity contribution >= 4 is 45.9 Å². The predicted molar refractivity (Wildman–Crippen MR) is 113 cm³/mol. The van der Waals surface area contributed by atoms with Gasteiger partial charge in [0.15, 0.2) is 5.16 Å². The number of carbonyl (C=O) groups excluding carboxylic acids is 1. The summed E-state index contributed by atoms with van der Waals surface area (Å²) in [7, 11) is 0. The lowest BCUT2D eigenvalue weighted by Crippen LogP contribution is -2.29. The molecule has 3 aromatic rings. The van der Waals surface area contributed by atoms with Gasteiger partial charge in [-0.25, -0.2) is 4.98 Å². The number of benzene rings is 2. The number of halogens is 1. The molecule has 0 radical (unpaired) electrons. The zero-order chi connectivity index (χ0) is 20.3. The first kappa shape index (κ1) is 20.4. The fourth-order valence-electron chi connectivity index (χ4n) is 2.67. The van der Waals surface area contributed by atoms with Gasteiger partial charge in [0.1, 0.15) is 0 Å². The molecule has 0 aliphatic heterocycles. The molecule has 0 saturated heterocycles. The number of hydrogen-bond acceptors (Lipinski definition) is 5. The molecule has 1 heterocycles. The zero-order valence-corrected chi connectivity index (χ0v) is 17.0. The first-order valence-corrected chi connectivity index (χ1v) is 10.0. The molecule has 8 heteroatoms. The van der Waals surface area contributed by atoms with Crippen molar-refractivity contribution in [3.63, 3.8) is 0 Å². The van der Waals surface area contributed by atoms with Crippen LogP contribution in [0.15, 0.2) is 58.5 Å². The standard InChI is InChI=1S/C20H20ClN3O3S/c1-12(25)11-24-19(27)16-9-8-14(21)10-17(16)23-20(24)28-13(2)18(26)22-15-6-4-3-5-7-15/h3-10,12-13,25H,11H2,1-2H3,(H,22,26)/t12-,13-/m0/s1. The molecule has 28 heavy (non-hydrogen) atoms. The van der Waals surface area contributed by atoms with E-state index < -0.39 is 11.4 Å². The zero-order valence-electron chi connectivity index (χ0n) is 15.4. The van der Waals surface area contributed by atoms with Crippen LogP contribution in [0.3, 0.4) is 0 Å². The Morgan fingerprint density at radius 2 is 1.96 bits per heavy atom. The Labute approximate surface area is 171 Å². The number of aromatic nitrogens is 2. The number of fused-ring (bicyclic) bond motifs is 1. The third kappa shape index (κ3) is 4.73. The number of aliphatic hydroxyl groups excluding tert-OH is 1. The lowest BCUT2D eigenvalue weighted by Gasteiger charge is -2.17. The molecule has 0 fully saturated rings. The van der Waals surface area contributed by atoms with Gasteiger partial charge in [0.2, 0.25) is 5.91 Å². The van der Waals surface area contributed by atoms with Crippen molar-refractivity contribution in [3.05, 3.63) is 63.9 Å². The van der Waals surface area contributed by atoms with Gasteiger partial charge in [0.25, 0.3) is 5.56 Å². The number of hydrogen-bond donors (Lipinski definition) is 2. The van der Waals surface area contributed by atoms with E-state index in [2.05, 4.69) is 10.3 Å². The van der Waals surface area contributed by atoms with E-state index in [1.54, 1.807) is 44.2 Å². The van der Waals surface area contributed by atoms with Gasteiger partial charge in [-0.3, -0.25) is 14.2 Å². The number of carbonyl (C=O) groups is 1. The van der Waals surface area contributed by atoms with Crippen molar-refractivity contribution in [2.75, 3.05) is 5.32 Å². The van der Waals surface area contributed by atoms with Crippen LogP contribution in [0, 0.1) is 0 Å². The Morgan fingerprint density at radius 1 is 1.25 bits per heavy atom. The fourth-order valence-corrected chi connectivity index (χ4v) is 3.75. The van der Waals surface area contributed by atoms with Gasteiger partial charge in [-0.05, 0) is 44.2 Å². The van der Waals surface area contributed by atoms with Crippen molar-refractivity contribution in [3.8, 4) is 0 Å². The second-order valence-electron chi connectivity index (χ2n) is 6.44. The monoisotopic (exact) mass is 417 g/mol.